The molecule has 3 aromatic rings. The summed E-state index contributed by atoms with van der Waals surface area (Å²) in [7, 11) is 3.06. The highest BCUT2D eigenvalue weighted by molar-refractivity contribution is 6.04. The summed E-state index contributed by atoms with van der Waals surface area (Å²) in [6.45, 7) is 0.102. The number of H-pyrrole nitrogens is 1. The van der Waals surface area contributed by atoms with Gasteiger partial charge < -0.3 is 25.1 Å². The standard InChI is InChI=1S/C23H24N4O5/c1-31-19-7-3-14(11-20(19)32-2)13-27-22(29)18(26-23(27)30)6-8-21(28)25-16-4-5-17-15(12-16)9-10-24-17/h3-5,7,9-12,18,24H,6,8,13H2,1-2H3,(H,25,28)(H,26,30)/t18-/m1/s1. The lowest BCUT2D eigenvalue weighted by Gasteiger charge is -2.15. The molecule has 1 fully saturated rings. The number of methoxy groups -OCH3 is 2. The van der Waals surface area contributed by atoms with E-state index < -0.39 is 12.1 Å². The molecule has 1 aliphatic heterocycles. The molecule has 0 radical (unpaired) electrons. The molecule has 3 N–H and O–H groups in total. The van der Waals surface area contributed by atoms with E-state index in [4.69, 9.17) is 9.47 Å². The van der Waals surface area contributed by atoms with Crippen LogP contribution in [0.5, 0.6) is 11.5 Å². The van der Waals surface area contributed by atoms with Crippen LogP contribution in [-0.4, -0.2) is 48.0 Å². The molecule has 0 bridgehead atoms. The third-order valence-corrected chi connectivity index (χ3v) is 5.39. The van der Waals surface area contributed by atoms with Crippen LogP contribution in [0, 0.1) is 0 Å². The van der Waals surface area contributed by atoms with Crippen molar-refractivity contribution in [2.75, 3.05) is 19.5 Å². The Hall–Kier alpha value is -4.01. The highest BCUT2D eigenvalue weighted by Crippen LogP contribution is 2.28. The molecular weight excluding hydrogens is 412 g/mol. The Morgan fingerprint density at radius 1 is 1.06 bits per heavy atom. The third kappa shape index (κ3) is 4.36. The molecule has 0 aliphatic carbocycles. The molecule has 32 heavy (non-hydrogen) atoms. The topological polar surface area (TPSA) is 113 Å². The number of rotatable bonds is 8. The van der Waals surface area contributed by atoms with Gasteiger partial charge in [-0.3, -0.25) is 14.5 Å². The van der Waals surface area contributed by atoms with Crippen LogP contribution < -0.4 is 20.1 Å². The van der Waals surface area contributed by atoms with E-state index in [-0.39, 0.29) is 31.2 Å². The predicted molar refractivity (Wildman–Crippen MR) is 119 cm³/mol. The van der Waals surface area contributed by atoms with Crippen LogP contribution in [0.4, 0.5) is 10.5 Å². The summed E-state index contributed by atoms with van der Waals surface area (Å²) in [5, 5.41) is 6.49. The normalized spacial score (nSPS) is 15.7. The first-order chi connectivity index (χ1) is 15.5. The number of urea groups is 1. The summed E-state index contributed by atoms with van der Waals surface area (Å²) >= 11 is 0. The van der Waals surface area contributed by atoms with Crippen molar-refractivity contribution < 1.29 is 23.9 Å². The van der Waals surface area contributed by atoms with Gasteiger partial charge in [-0.05, 0) is 48.4 Å². The number of amides is 4. The molecule has 166 valence electrons. The van der Waals surface area contributed by atoms with Crippen molar-refractivity contribution >= 4 is 34.4 Å². The van der Waals surface area contributed by atoms with Crippen molar-refractivity contribution in [1.29, 1.82) is 0 Å². The van der Waals surface area contributed by atoms with Crippen LogP contribution in [0.1, 0.15) is 18.4 Å². The van der Waals surface area contributed by atoms with Gasteiger partial charge in [0.1, 0.15) is 6.04 Å². The second kappa shape index (κ2) is 9.01. The van der Waals surface area contributed by atoms with Crippen molar-refractivity contribution in [1.82, 2.24) is 15.2 Å². The average molecular weight is 436 g/mol. The molecular formula is C23H24N4O5. The first-order valence-electron chi connectivity index (χ1n) is 10.2. The van der Waals surface area contributed by atoms with Gasteiger partial charge >= 0.3 is 6.03 Å². The second-order valence-corrected chi connectivity index (χ2v) is 7.48. The smallest absolute Gasteiger partial charge is 0.325 e. The number of aromatic amines is 1. The Bertz CT molecular complexity index is 1170. The van der Waals surface area contributed by atoms with Gasteiger partial charge in [-0.1, -0.05) is 6.07 Å². The van der Waals surface area contributed by atoms with Crippen LogP contribution >= 0.6 is 0 Å². The minimum atomic E-state index is -0.736. The minimum Gasteiger partial charge on any atom is -0.493 e. The zero-order valence-electron chi connectivity index (χ0n) is 17.8. The van der Waals surface area contributed by atoms with Gasteiger partial charge in [-0.15, -0.1) is 0 Å². The molecule has 2 aromatic carbocycles. The Morgan fingerprint density at radius 3 is 2.66 bits per heavy atom. The van der Waals surface area contributed by atoms with E-state index in [1.807, 2.05) is 30.5 Å². The number of benzene rings is 2. The fraction of sp³-hybridized carbons (Fsp3) is 0.261. The highest BCUT2D eigenvalue weighted by atomic mass is 16.5. The summed E-state index contributed by atoms with van der Waals surface area (Å²) in [6, 6.07) is 11.5. The number of ether oxygens (including phenoxy) is 2. The Kier molecular flexibility index (Phi) is 5.98. The number of carbonyl (C=O) groups excluding carboxylic acids is 3. The largest absolute Gasteiger partial charge is 0.493 e. The summed E-state index contributed by atoms with van der Waals surface area (Å²) in [4.78, 5) is 41.7. The van der Waals surface area contributed by atoms with Crippen molar-refractivity contribution in [3.63, 3.8) is 0 Å². The van der Waals surface area contributed by atoms with E-state index in [9.17, 15) is 14.4 Å². The number of nitrogens with zero attached hydrogens (tertiary/aromatic N) is 1. The van der Waals surface area contributed by atoms with Crippen LogP contribution in [0.25, 0.3) is 10.9 Å². The monoisotopic (exact) mass is 436 g/mol. The fourth-order valence-electron chi connectivity index (χ4n) is 3.71. The fourth-order valence-corrected chi connectivity index (χ4v) is 3.71. The number of hydrogen-bond donors (Lipinski definition) is 3. The van der Waals surface area contributed by atoms with Crippen molar-refractivity contribution in [2.45, 2.75) is 25.4 Å². The lowest BCUT2D eigenvalue weighted by Crippen LogP contribution is -2.31. The lowest BCUT2D eigenvalue weighted by molar-refractivity contribution is -0.128. The number of aromatic nitrogens is 1. The summed E-state index contributed by atoms with van der Waals surface area (Å²) in [5.41, 5.74) is 2.39. The molecule has 2 heterocycles. The number of nitrogens with one attached hydrogen (secondary N) is 3. The van der Waals surface area contributed by atoms with Gasteiger partial charge in [0.25, 0.3) is 5.91 Å². The van der Waals surface area contributed by atoms with E-state index >= 15 is 0 Å². The predicted octanol–water partition coefficient (Wildman–Crippen LogP) is 3.02. The molecule has 0 saturated carbocycles. The highest BCUT2D eigenvalue weighted by Gasteiger charge is 2.37. The summed E-state index contributed by atoms with van der Waals surface area (Å²) in [6.07, 6.45) is 2.15. The SMILES string of the molecule is COc1ccc(CN2C(=O)N[C@H](CCC(=O)Nc3ccc4[nH]ccc4c3)C2=O)cc1OC. The molecule has 0 unspecified atom stereocenters. The average Bonchev–Trinajstić information content (AvgIpc) is 3.36. The first kappa shape index (κ1) is 21.2. The molecule has 1 aliphatic rings. The van der Waals surface area contributed by atoms with E-state index in [0.29, 0.717) is 17.2 Å². The first-order valence-corrected chi connectivity index (χ1v) is 10.2. The van der Waals surface area contributed by atoms with Gasteiger partial charge in [0.05, 0.1) is 20.8 Å². The quantitative estimate of drug-likeness (QED) is 0.470. The number of imide groups is 1. The van der Waals surface area contributed by atoms with Gasteiger partial charge in [0.2, 0.25) is 5.91 Å². The van der Waals surface area contributed by atoms with Crippen molar-refractivity contribution in [3.05, 3.63) is 54.2 Å². The molecule has 9 heteroatoms. The molecule has 4 rings (SSSR count). The molecule has 1 aromatic heterocycles. The van der Waals surface area contributed by atoms with Crippen LogP contribution in [0.2, 0.25) is 0 Å². The van der Waals surface area contributed by atoms with E-state index in [1.54, 1.807) is 18.2 Å². The zero-order valence-corrected chi connectivity index (χ0v) is 17.8. The van der Waals surface area contributed by atoms with Crippen molar-refractivity contribution in [3.8, 4) is 11.5 Å². The van der Waals surface area contributed by atoms with Gasteiger partial charge in [0, 0.05) is 29.2 Å². The molecule has 4 amide bonds. The maximum Gasteiger partial charge on any atom is 0.325 e. The second-order valence-electron chi connectivity index (χ2n) is 7.48. The number of fused-ring (bicyclic) bond motifs is 1. The minimum absolute atomic E-state index is 0.102. The molecule has 0 spiro atoms. The Labute approximate surface area is 184 Å². The Balaban J connectivity index is 1.33. The molecule has 1 atom stereocenters. The lowest BCUT2D eigenvalue weighted by atomic mass is 10.1. The van der Waals surface area contributed by atoms with E-state index in [0.717, 1.165) is 21.4 Å². The summed E-state index contributed by atoms with van der Waals surface area (Å²) in [5.74, 6) is 0.502. The van der Waals surface area contributed by atoms with Gasteiger partial charge in [-0.2, -0.15) is 0 Å². The maximum atomic E-state index is 12.7. The number of anilines is 1. The zero-order chi connectivity index (χ0) is 22.7. The van der Waals surface area contributed by atoms with Crippen LogP contribution in [0.15, 0.2) is 48.7 Å². The van der Waals surface area contributed by atoms with Crippen LogP contribution in [-0.2, 0) is 16.1 Å². The van der Waals surface area contributed by atoms with E-state index in [1.165, 1.54) is 14.2 Å². The van der Waals surface area contributed by atoms with E-state index in [2.05, 4.69) is 15.6 Å². The molecule has 1 saturated heterocycles. The summed E-state index contributed by atoms with van der Waals surface area (Å²) < 4.78 is 10.5. The molecule has 9 nitrogen and oxygen atoms in total. The van der Waals surface area contributed by atoms with Crippen molar-refractivity contribution in [2.24, 2.45) is 0 Å². The van der Waals surface area contributed by atoms with Gasteiger partial charge in [-0.25, -0.2) is 4.79 Å². The number of carbonyl (C=O) groups is 3. The third-order valence-electron chi connectivity index (χ3n) is 5.39. The maximum absolute atomic E-state index is 12.7. The Morgan fingerprint density at radius 2 is 1.88 bits per heavy atom. The van der Waals surface area contributed by atoms with Gasteiger partial charge in [0.15, 0.2) is 11.5 Å². The van der Waals surface area contributed by atoms with Crippen LogP contribution in [0.3, 0.4) is 0 Å². The number of hydrogen-bond acceptors (Lipinski definition) is 5.